The van der Waals surface area contributed by atoms with Crippen molar-refractivity contribution < 1.29 is 14.3 Å². The third kappa shape index (κ3) is 1.74. The Morgan fingerprint density at radius 1 is 1.59 bits per heavy atom. The minimum Gasteiger partial charge on any atom is -0.466 e. The number of nitrogens with zero attached hydrogens (tertiary/aromatic N) is 1. The highest BCUT2D eigenvalue weighted by atomic mass is 16.5. The molecule has 0 aromatic heterocycles. The van der Waals surface area contributed by atoms with Crippen molar-refractivity contribution in [3.8, 4) is 6.07 Å². The monoisotopic (exact) mass is 235 g/mol. The predicted molar refractivity (Wildman–Crippen MR) is 59.8 cm³/mol. The average molecular weight is 235 g/mol. The van der Waals surface area contributed by atoms with Gasteiger partial charge in [0, 0.05) is 6.42 Å². The van der Waals surface area contributed by atoms with Crippen LogP contribution in [0.5, 0.6) is 0 Å². The van der Waals surface area contributed by atoms with Gasteiger partial charge in [0.2, 0.25) is 0 Å². The fourth-order valence-corrected chi connectivity index (χ4v) is 3.37. The van der Waals surface area contributed by atoms with E-state index in [1.165, 1.54) is 0 Å². The van der Waals surface area contributed by atoms with E-state index in [9.17, 15) is 14.9 Å². The van der Waals surface area contributed by atoms with Crippen molar-refractivity contribution in [2.24, 2.45) is 17.3 Å². The molecule has 4 heteroatoms. The SMILES string of the molecule is CCOC(=O)[C@@H]1CCC[C@]2(C#N)C(=O)CC[C@H]12. The number of hydrogen-bond acceptors (Lipinski definition) is 4. The van der Waals surface area contributed by atoms with Gasteiger partial charge in [-0.25, -0.2) is 0 Å². The van der Waals surface area contributed by atoms with Crippen molar-refractivity contribution in [2.75, 3.05) is 6.61 Å². The number of fused-ring (bicyclic) bond motifs is 1. The van der Waals surface area contributed by atoms with Gasteiger partial charge in [-0.1, -0.05) is 6.42 Å². The summed E-state index contributed by atoms with van der Waals surface area (Å²) in [5.41, 5.74) is -0.893. The summed E-state index contributed by atoms with van der Waals surface area (Å²) in [5.74, 6) is -0.576. The molecule has 0 radical (unpaired) electrons. The summed E-state index contributed by atoms with van der Waals surface area (Å²) in [6.45, 7) is 2.13. The Morgan fingerprint density at radius 2 is 2.35 bits per heavy atom. The molecule has 17 heavy (non-hydrogen) atoms. The first kappa shape index (κ1) is 12.1. The summed E-state index contributed by atoms with van der Waals surface area (Å²) in [5, 5.41) is 9.33. The molecule has 0 amide bonds. The van der Waals surface area contributed by atoms with Crippen LogP contribution in [0.2, 0.25) is 0 Å². The Labute approximate surface area is 101 Å². The lowest BCUT2D eigenvalue weighted by Crippen LogP contribution is -2.42. The van der Waals surface area contributed by atoms with Crippen LogP contribution in [0.1, 0.15) is 39.0 Å². The second-order valence-electron chi connectivity index (χ2n) is 4.90. The third-order valence-corrected chi connectivity index (χ3v) is 4.17. The molecule has 2 saturated carbocycles. The van der Waals surface area contributed by atoms with Crippen LogP contribution in [0.25, 0.3) is 0 Å². The highest BCUT2D eigenvalue weighted by Crippen LogP contribution is 2.52. The van der Waals surface area contributed by atoms with Crippen LogP contribution in [0.3, 0.4) is 0 Å². The third-order valence-electron chi connectivity index (χ3n) is 4.17. The molecule has 2 aliphatic carbocycles. The maximum absolute atomic E-state index is 11.9. The molecule has 2 fully saturated rings. The quantitative estimate of drug-likeness (QED) is 0.685. The minimum atomic E-state index is -0.893. The molecule has 4 nitrogen and oxygen atoms in total. The number of hydrogen-bond donors (Lipinski definition) is 0. The second kappa shape index (κ2) is 4.48. The molecule has 0 saturated heterocycles. The number of carbonyl (C=O) groups is 2. The van der Waals surface area contributed by atoms with Crippen LogP contribution in [0.4, 0.5) is 0 Å². The van der Waals surface area contributed by atoms with Gasteiger partial charge in [0.1, 0.15) is 5.41 Å². The summed E-state index contributed by atoms with van der Waals surface area (Å²) in [6.07, 6.45) is 3.23. The molecule has 0 aromatic rings. The van der Waals surface area contributed by atoms with Gasteiger partial charge in [0.05, 0.1) is 18.6 Å². The predicted octanol–water partition coefficient (Wildman–Crippen LogP) is 1.84. The van der Waals surface area contributed by atoms with Crippen LogP contribution >= 0.6 is 0 Å². The van der Waals surface area contributed by atoms with E-state index in [4.69, 9.17) is 4.74 Å². The first-order valence-electron chi connectivity index (χ1n) is 6.27. The maximum Gasteiger partial charge on any atom is 0.309 e. The molecule has 0 N–H and O–H groups in total. The molecular formula is C13H17NO3. The molecule has 92 valence electrons. The largest absolute Gasteiger partial charge is 0.466 e. The van der Waals surface area contributed by atoms with Gasteiger partial charge < -0.3 is 4.74 Å². The molecule has 0 bridgehead atoms. The standard InChI is InChI=1S/C13H17NO3/c1-2-17-12(16)9-4-3-7-13(8-14)10(9)5-6-11(13)15/h9-10H,2-7H2,1H3/t9-,10-,13-/m1/s1. The van der Waals surface area contributed by atoms with E-state index < -0.39 is 5.41 Å². The molecule has 0 aliphatic heterocycles. The maximum atomic E-state index is 11.9. The molecular weight excluding hydrogens is 218 g/mol. The van der Waals surface area contributed by atoms with E-state index in [0.717, 1.165) is 12.8 Å². The van der Waals surface area contributed by atoms with E-state index in [0.29, 0.717) is 25.9 Å². The van der Waals surface area contributed by atoms with E-state index in [1.807, 2.05) is 0 Å². The smallest absolute Gasteiger partial charge is 0.309 e. The number of nitriles is 1. The first-order chi connectivity index (χ1) is 8.15. The Morgan fingerprint density at radius 3 is 3.00 bits per heavy atom. The molecule has 0 spiro atoms. The van der Waals surface area contributed by atoms with Crippen LogP contribution in [0.15, 0.2) is 0 Å². The van der Waals surface area contributed by atoms with Crippen molar-refractivity contribution in [3.05, 3.63) is 0 Å². The number of Topliss-reactive ketones (excluding diaryl/α,β-unsaturated/α-hetero) is 1. The van der Waals surface area contributed by atoms with Crippen molar-refractivity contribution >= 4 is 11.8 Å². The molecule has 0 aromatic carbocycles. The zero-order valence-electron chi connectivity index (χ0n) is 10.1. The van der Waals surface area contributed by atoms with E-state index in [2.05, 4.69) is 6.07 Å². The summed E-state index contributed by atoms with van der Waals surface area (Å²) in [6, 6.07) is 2.20. The topological polar surface area (TPSA) is 67.2 Å². The van der Waals surface area contributed by atoms with Gasteiger partial charge in [0.15, 0.2) is 5.78 Å². The Balaban J connectivity index is 2.25. The number of ketones is 1. The number of esters is 1. The van der Waals surface area contributed by atoms with Crippen LogP contribution in [-0.2, 0) is 14.3 Å². The van der Waals surface area contributed by atoms with Gasteiger partial charge in [0.25, 0.3) is 0 Å². The van der Waals surface area contributed by atoms with Crippen molar-refractivity contribution in [1.29, 1.82) is 5.26 Å². The zero-order chi connectivity index (χ0) is 12.5. The summed E-state index contributed by atoms with van der Waals surface area (Å²) in [7, 11) is 0. The van der Waals surface area contributed by atoms with Crippen molar-refractivity contribution in [3.63, 3.8) is 0 Å². The van der Waals surface area contributed by atoms with Crippen LogP contribution in [0, 0.1) is 28.6 Å². The molecule has 0 unspecified atom stereocenters. The van der Waals surface area contributed by atoms with Gasteiger partial charge in [-0.3, -0.25) is 9.59 Å². The van der Waals surface area contributed by atoms with Gasteiger partial charge in [-0.15, -0.1) is 0 Å². The zero-order valence-corrected chi connectivity index (χ0v) is 10.1. The van der Waals surface area contributed by atoms with Gasteiger partial charge in [-0.05, 0) is 32.1 Å². The fourth-order valence-electron chi connectivity index (χ4n) is 3.37. The molecule has 2 rings (SSSR count). The highest BCUT2D eigenvalue weighted by Gasteiger charge is 2.56. The fraction of sp³-hybridized carbons (Fsp3) is 0.769. The normalized spacial score (nSPS) is 36.1. The molecule has 0 heterocycles. The second-order valence-corrected chi connectivity index (χ2v) is 4.90. The van der Waals surface area contributed by atoms with Crippen LogP contribution in [-0.4, -0.2) is 18.4 Å². The Hall–Kier alpha value is -1.37. The highest BCUT2D eigenvalue weighted by molar-refractivity contribution is 5.91. The van der Waals surface area contributed by atoms with Gasteiger partial charge >= 0.3 is 5.97 Å². The minimum absolute atomic E-state index is 0.0269. The first-order valence-corrected chi connectivity index (χ1v) is 6.27. The number of rotatable bonds is 2. The lowest BCUT2D eigenvalue weighted by Gasteiger charge is -2.36. The van der Waals surface area contributed by atoms with Gasteiger partial charge in [-0.2, -0.15) is 5.26 Å². The summed E-state index contributed by atoms with van der Waals surface area (Å²) < 4.78 is 5.05. The van der Waals surface area contributed by atoms with Crippen LogP contribution < -0.4 is 0 Å². The summed E-state index contributed by atoms with van der Waals surface area (Å²) in [4.78, 5) is 23.8. The molecule has 3 atom stereocenters. The lowest BCUT2D eigenvalue weighted by molar-refractivity contribution is -0.153. The number of carbonyl (C=O) groups excluding carboxylic acids is 2. The Kier molecular flexibility index (Phi) is 3.19. The average Bonchev–Trinajstić information content (AvgIpc) is 2.68. The lowest BCUT2D eigenvalue weighted by atomic mass is 9.64. The van der Waals surface area contributed by atoms with E-state index in [1.54, 1.807) is 6.92 Å². The Bertz CT molecular complexity index is 385. The van der Waals surface area contributed by atoms with E-state index in [-0.39, 0.29) is 23.6 Å². The molecule has 2 aliphatic rings. The number of ether oxygens (including phenoxy) is 1. The summed E-state index contributed by atoms with van der Waals surface area (Å²) >= 11 is 0. The van der Waals surface area contributed by atoms with E-state index >= 15 is 0 Å². The van der Waals surface area contributed by atoms with Crippen molar-refractivity contribution in [1.82, 2.24) is 0 Å². The van der Waals surface area contributed by atoms with Crippen molar-refractivity contribution in [2.45, 2.75) is 39.0 Å².